The Morgan fingerprint density at radius 3 is 2.23 bits per heavy atom. The van der Waals surface area contributed by atoms with Gasteiger partial charge in [0.05, 0.1) is 7.11 Å². The Hall–Kier alpha value is -1.24. The second-order valence-electron chi connectivity index (χ2n) is 3.34. The quantitative estimate of drug-likeness (QED) is 0.641. The van der Waals surface area contributed by atoms with Crippen LogP contribution < -0.4 is 4.74 Å². The lowest BCUT2D eigenvalue weighted by Gasteiger charge is -2.11. The minimum Gasteiger partial charge on any atom is -0.497 e. The Bertz CT molecular complexity index is 284. The normalized spacial score (nSPS) is 12.2. The van der Waals surface area contributed by atoms with Gasteiger partial charge in [-0.1, -0.05) is 31.2 Å². The maximum absolute atomic E-state index is 5.09. The summed E-state index contributed by atoms with van der Waals surface area (Å²) in [7, 11) is 1.68. The molecule has 0 spiro atoms. The van der Waals surface area contributed by atoms with Gasteiger partial charge >= 0.3 is 0 Å². The van der Waals surface area contributed by atoms with E-state index in [1.165, 1.54) is 11.1 Å². The summed E-state index contributed by atoms with van der Waals surface area (Å²) in [5.74, 6) is 1.32. The summed E-state index contributed by atoms with van der Waals surface area (Å²) in [4.78, 5) is 0. The monoisotopic (exact) mass is 176 g/mol. The predicted molar refractivity (Wildman–Crippen MR) is 56.2 cm³/mol. The van der Waals surface area contributed by atoms with Crippen LogP contribution in [-0.2, 0) is 0 Å². The van der Waals surface area contributed by atoms with Crippen LogP contribution in [0.5, 0.6) is 5.75 Å². The molecule has 0 bridgehead atoms. The van der Waals surface area contributed by atoms with Crippen molar-refractivity contribution in [2.24, 2.45) is 0 Å². The first kappa shape index (κ1) is 9.85. The van der Waals surface area contributed by atoms with Crippen molar-refractivity contribution in [3.8, 4) is 5.75 Å². The van der Waals surface area contributed by atoms with Gasteiger partial charge in [0, 0.05) is 5.92 Å². The topological polar surface area (TPSA) is 9.23 Å². The highest BCUT2D eigenvalue weighted by molar-refractivity contribution is 5.32. The average molecular weight is 176 g/mol. The zero-order valence-corrected chi connectivity index (χ0v) is 8.50. The minimum absolute atomic E-state index is 0.422. The number of rotatable bonds is 3. The predicted octanol–water partition coefficient (Wildman–Crippen LogP) is 3.37. The largest absolute Gasteiger partial charge is 0.497 e. The molecule has 1 atom stereocenters. The van der Waals surface area contributed by atoms with E-state index in [0.29, 0.717) is 5.92 Å². The van der Waals surface area contributed by atoms with Gasteiger partial charge in [-0.05, 0) is 24.6 Å². The number of allylic oxidation sites excluding steroid dienone is 1. The van der Waals surface area contributed by atoms with E-state index < -0.39 is 0 Å². The highest BCUT2D eigenvalue weighted by Crippen LogP contribution is 2.23. The smallest absolute Gasteiger partial charge is 0.118 e. The van der Waals surface area contributed by atoms with Gasteiger partial charge < -0.3 is 4.74 Å². The van der Waals surface area contributed by atoms with Crippen molar-refractivity contribution >= 4 is 0 Å². The number of hydrogen-bond acceptors (Lipinski definition) is 1. The third-order valence-corrected chi connectivity index (χ3v) is 2.36. The lowest BCUT2D eigenvalue weighted by Crippen LogP contribution is -1.93. The molecule has 13 heavy (non-hydrogen) atoms. The van der Waals surface area contributed by atoms with E-state index in [9.17, 15) is 0 Å². The first-order valence-electron chi connectivity index (χ1n) is 4.44. The molecule has 1 aromatic carbocycles. The van der Waals surface area contributed by atoms with Crippen LogP contribution in [0.2, 0.25) is 0 Å². The molecule has 1 rings (SSSR count). The third-order valence-electron chi connectivity index (χ3n) is 2.36. The molecule has 1 unspecified atom stereocenters. The molecule has 0 fully saturated rings. The molecular formula is C12H16O. The van der Waals surface area contributed by atoms with Crippen LogP contribution >= 0.6 is 0 Å². The number of ether oxygens (including phenoxy) is 1. The van der Waals surface area contributed by atoms with Crippen LogP contribution in [0.1, 0.15) is 25.3 Å². The van der Waals surface area contributed by atoms with Gasteiger partial charge in [-0.3, -0.25) is 0 Å². The lowest BCUT2D eigenvalue weighted by molar-refractivity contribution is 0.414. The van der Waals surface area contributed by atoms with Crippen molar-refractivity contribution in [2.75, 3.05) is 7.11 Å². The molecule has 0 aromatic heterocycles. The van der Waals surface area contributed by atoms with Crippen molar-refractivity contribution in [3.05, 3.63) is 42.0 Å². The van der Waals surface area contributed by atoms with Crippen LogP contribution in [-0.4, -0.2) is 7.11 Å². The summed E-state index contributed by atoms with van der Waals surface area (Å²) in [5, 5.41) is 0. The van der Waals surface area contributed by atoms with E-state index in [-0.39, 0.29) is 0 Å². The fourth-order valence-electron chi connectivity index (χ4n) is 1.18. The Kier molecular flexibility index (Phi) is 3.13. The maximum atomic E-state index is 5.09. The molecule has 0 aliphatic carbocycles. The lowest BCUT2D eigenvalue weighted by atomic mass is 9.95. The van der Waals surface area contributed by atoms with Crippen LogP contribution in [0, 0.1) is 0 Å². The fourth-order valence-corrected chi connectivity index (χ4v) is 1.18. The van der Waals surface area contributed by atoms with Gasteiger partial charge in [-0.15, -0.1) is 0 Å². The summed E-state index contributed by atoms with van der Waals surface area (Å²) < 4.78 is 5.09. The van der Waals surface area contributed by atoms with Crippen LogP contribution in [0.4, 0.5) is 0 Å². The highest BCUT2D eigenvalue weighted by Gasteiger charge is 2.04. The molecule has 0 saturated heterocycles. The third kappa shape index (κ3) is 2.35. The molecular weight excluding hydrogens is 160 g/mol. The number of methoxy groups -OCH3 is 1. The van der Waals surface area contributed by atoms with Gasteiger partial charge in [0.2, 0.25) is 0 Å². The Labute approximate surface area is 80.0 Å². The van der Waals surface area contributed by atoms with Crippen molar-refractivity contribution in [3.63, 3.8) is 0 Å². The summed E-state index contributed by atoms with van der Waals surface area (Å²) in [5.41, 5.74) is 2.47. The zero-order chi connectivity index (χ0) is 9.84. The van der Waals surface area contributed by atoms with Gasteiger partial charge in [0.1, 0.15) is 5.75 Å². The zero-order valence-electron chi connectivity index (χ0n) is 8.50. The molecule has 1 nitrogen and oxygen atoms in total. The second-order valence-corrected chi connectivity index (χ2v) is 3.34. The molecule has 0 amide bonds. The molecule has 0 heterocycles. The van der Waals surface area contributed by atoms with Gasteiger partial charge in [0.15, 0.2) is 0 Å². The first-order valence-corrected chi connectivity index (χ1v) is 4.44. The van der Waals surface area contributed by atoms with E-state index in [1.54, 1.807) is 7.11 Å². The molecule has 1 aromatic rings. The molecule has 0 saturated carbocycles. The van der Waals surface area contributed by atoms with Crippen molar-refractivity contribution < 1.29 is 4.74 Å². The Morgan fingerprint density at radius 1 is 1.31 bits per heavy atom. The van der Waals surface area contributed by atoms with Crippen molar-refractivity contribution in [1.29, 1.82) is 0 Å². The summed E-state index contributed by atoms with van der Waals surface area (Å²) >= 11 is 0. The van der Waals surface area contributed by atoms with E-state index in [0.717, 1.165) is 5.75 Å². The Balaban J connectivity index is 2.85. The van der Waals surface area contributed by atoms with Crippen molar-refractivity contribution in [1.82, 2.24) is 0 Å². The molecule has 70 valence electrons. The average Bonchev–Trinajstić information content (AvgIpc) is 2.17. The summed E-state index contributed by atoms with van der Waals surface area (Å²) in [6.07, 6.45) is 0. The number of hydrogen-bond donors (Lipinski definition) is 0. The van der Waals surface area contributed by atoms with E-state index in [1.807, 2.05) is 12.1 Å². The fraction of sp³-hybridized carbons (Fsp3) is 0.333. The van der Waals surface area contributed by atoms with Crippen LogP contribution in [0.25, 0.3) is 0 Å². The molecule has 0 aliphatic heterocycles. The Morgan fingerprint density at radius 2 is 1.85 bits per heavy atom. The summed E-state index contributed by atoms with van der Waals surface area (Å²) in [6, 6.07) is 8.12. The van der Waals surface area contributed by atoms with E-state index >= 15 is 0 Å². The molecule has 0 radical (unpaired) electrons. The second kappa shape index (κ2) is 4.13. The van der Waals surface area contributed by atoms with Gasteiger partial charge in [-0.2, -0.15) is 0 Å². The maximum Gasteiger partial charge on any atom is 0.118 e. The standard InChI is InChI=1S/C12H16O/c1-9(2)10(3)11-5-7-12(13-4)8-6-11/h5-8,10H,1H2,2-4H3. The molecule has 1 heteroatoms. The highest BCUT2D eigenvalue weighted by atomic mass is 16.5. The van der Waals surface area contributed by atoms with Crippen LogP contribution in [0.15, 0.2) is 36.4 Å². The number of benzene rings is 1. The minimum atomic E-state index is 0.422. The molecule has 0 aliphatic rings. The summed E-state index contributed by atoms with van der Waals surface area (Å²) in [6.45, 7) is 8.15. The molecule has 0 N–H and O–H groups in total. The van der Waals surface area contributed by atoms with Crippen molar-refractivity contribution in [2.45, 2.75) is 19.8 Å². The van der Waals surface area contributed by atoms with Gasteiger partial charge in [-0.25, -0.2) is 0 Å². The van der Waals surface area contributed by atoms with E-state index in [4.69, 9.17) is 4.74 Å². The van der Waals surface area contributed by atoms with Gasteiger partial charge in [0.25, 0.3) is 0 Å². The first-order chi connectivity index (χ1) is 6.15. The SMILES string of the molecule is C=C(C)C(C)c1ccc(OC)cc1. The van der Waals surface area contributed by atoms with E-state index in [2.05, 4.69) is 32.6 Å². The van der Waals surface area contributed by atoms with Crippen LogP contribution in [0.3, 0.4) is 0 Å².